The molecule has 1 heterocycles. The molecule has 1 saturated carbocycles. The van der Waals surface area contributed by atoms with Crippen LogP contribution in [0.5, 0.6) is 0 Å². The second-order valence-corrected chi connectivity index (χ2v) is 11.6. The average Bonchev–Trinajstić information content (AvgIpc) is 2.72. The van der Waals surface area contributed by atoms with Crippen LogP contribution >= 0.6 is 0 Å². The van der Waals surface area contributed by atoms with Gasteiger partial charge in [-0.3, -0.25) is 14.5 Å². The predicted molar refractivity (Wildman–Crippen MR) is 131 cm³/mol. The lowest BCUT2D eigenvalue weighted by Gasteiger charge is -2.45. The first-order chi connectivity index (χ1) is 15.2. The van der Waals surface area contributed by atoms with E-state index in [4.69, 9.17) is 0 Å². The first-order valence-electron chi connectivity index (χ1n) is 12.4. The van der Waals surface area contributed by atoms with Gasteiger partial charge >= 0.3 is 5.97 Å². The molecule has 0 radical (unpaired) electrons. The lowest BCUT2D eigenvalue weighted by molar-refractivity contribution is -0.142. The maximum absolute atomic E-state index is 13.6. The van der Waals surface area contributed by atoms with Crippen LogP contribution in [-0.2, 0) is 14.4 Å². The van der Waals surface area contributed by atoms with Gasteiger partial charge in [-0.25, -0.2) is 4.79 Å². The van der Waals surface area contributed by atoms with Crippen molar-refractivity contribution in [1.82, 2.24) is 15.1 Å². The molecular weight excluding hydrogens is 418 g/mol. The summed E-state index contributed by atoms with van der Waals surface area (Å²) in [7, 11) is 3.71. The molecule has 2 fully saturated rings. The minimum absolute atomic E-state index is 0.0253. The number of fused-ring (bicyclic) bond motifs is 1. The summed E-state index contributed by atoms with van der Waals surface area (Å²) in [4.78, 5) is 42.2. The smallest absolute Gasteiger partial charge is 0.331 e. The number of hydrogen-bond donors (Lipinski definition) is 2. The van der Waals surface area contributed by atoms with Crippen molar-refractivity contribution in [2.75, 3.05) is 20.6 Å². The number of amides is 2. The number of carbonyl (C=O) groups is 3. The largest absolute Gasteiger partial charge is 0.478 e. The Morgan fingerprint density at radius 2 is 1.70 bits per heavy atom. The van der Waals surface area contributed by atoms with E-state index in [1.165, 1.54) is 32.6 Å². The highest BCUT2D eigenvalue weighted by Gasteiger charge is 2.42. The molecule has 33 heavy (non-hydrogen) atoms. The van der Waals surface area contributed by atoms with Crippen molar-refractivity contribution in [2.24, 2.45) is 23.2 Å². The fourth-order valence-electron chi connectivity index (χ4n) is 5.42. The lowest BCUT2D eigenvalue weighted by atomic mass is 9.73. The van der Waals surface area contributed by atoms with E-state index in [0.29, 0.717) is 11.8 Å². The normalized spacial score (nSPS) is 26.3. The van der Waals surface area contributed by atoms with E-state index in [2.05, 4.69) is 10.2 Å². The van der Waals surface area contributed by atoms with E-state index >= 15 is 0 Å². The first-order valence-corrected chi connectivity index (χ1v) is 12.4. The molecule has 2 aliphatic rings. The van der Waals surface area contributed by atoms with Gasteiger partial charge in [-0.05, 0) is 50.0 Å². The molecule has 3 unspecified atom stereocenters. The van der Waals surface area contributed by atoms with Gasteiger partial charge in [0, 0.05) is 19.2 Å². The molecule has 5 atom stereocenters. The summed E-state index contributed by atoms with van der Waals surface area (Å²) in [6.07, 6.45) is 7.45. The van der Waals surface area contributed by atoms with Crippen LogP contribution in [0.4, 0.5) is 0 Å². The van der Waals surface area contributed by atoms with Gasteiger partial charge < -0.3 is 15.3 Å². The summed E-state index contributed by atoms with van der Waals surface area (Å²) >= 11 is 0. The molecule has 188 valence electrons. The zero-order valence-corrected chi connectivity index (χ0v) is 21.9. The number of carboxylic acids is 1. The van der Waals surface area contributed by atoms with Gasteiger partial charge in [-0.2, -0.15) is 0 Å². The number of carbonyl (C=O) groups excluding carboxylic acids is 2. The molecule has 0 bridgehead atoms. The van der Waals surface area contributed by atoms with E-state index in [1.807, 2.05) is 41.7 Å². The lowest BCUT2D eigenvalue weighted by Crippen LogP contribution is -2.60. The first kappa shape index (κ1) is 27.4. The number of rotatable bonds is 7. The molecule has 2 rings (SSSR count). The SMILES string of the molecule is C/C(=C\[C@H](C(C)C)N(C)C(=O)[C@@H](NC(=O)C1CC2CCCCC2CN1C)C(C)(C)C)C(=O)O. The van der Waals surface area contributed by atoms with Gasteiger partial charge in [-0.1, -0.05) is 60.0 Å². The number of likely N-dealkylation sites (tertiary alicyclic amines) is 1. The monoisotopic (exact) mass is 463 g/mol. The van der Waals surface area contributed by atoms with E-state index < -0.39 is 17.4 Å². The van der Waals surface area contributed by atoms with Gasteiger partial charge in [-0.15, -0.1) is 0 Å². The number of hydrogen-bond acceptors (Lipinski definition) is 4. The van der Waals surface area contributed by atoms with Gasteiger partial charge in [0.25, 0.3) is 0 Å². The molecule has 0 aromatic carbocycles. The summed E-state index contributed by atoms with van der Waals surface area (Å²) in [5, 5.41) is 12.4. The van der Waals surface area contributed by atoms with Crippen molar-refractivity contribution in [2.45, 2.75) is 91.8 Å². The third-order valence-electron chi connectivity index (χ3n) is 7.59. The second kappa shape index (κ2) is 11.0. The topological polar surface area (TPSA) is 90.0 Å². The van der Waals surface area contributed by atoms with Crippen molar-refractivity contribution in [3.8, 4) is 0 Å². The van der Waals surface area contributed by atoms with E-state index in [9.17, 15) is 19.5 Å². The van der Waals surface area contributed by atoms with Crippen molar-refractivity contribution in [3.05, 3.63) is 11.6 Å². The summed E-state index contributed by atoms with van der Waals surface area (Å²) in [5.74, 6) is 0.0158. The second-order valence-electron chi connectivity index (χ2n) is 11.6. The molecule has 1 aliphatic carbocycles. The highest BCUT2D eigenvalue weighted by Crippen LogP contribution is 2.38. The predicted octanol–water partition coefficient (Wildman–Crippen LogP) is 3.54. The fraction of sp³-hybridized carbons (Fsp3) is 0.808. The van der Waals surface area contributed by atoms with Gasteiger partial charge in [0.2, 0.25) is 11.8 Å². The number of nitrogens with one attached hydrogen (secondary N) is 1. The molecule has 0 aromatic rings. The van der Waals surface area contributed by atoms with Crippen LogP contribution in [0.25, 0.3) is 0 Å². The Hall–Kier alpha value is -1.89. The number of likely N-dealkylation sites (N-methyl/N-ethyl adjacent to an activating group) is 2. The van der Waals surface area contributed by atoms with E-state index in [0.717, 1.165) is 13.0 Å². The summed E-state index contributed by atoms with van der Waals surface area (Å²) < 4.78 is 0. The summed E-state index contributed by atoms with van der Waals surface area (Å²) in [6.45, 7) is 12.3. The molecular formula is C26H45N3O4. The summed E-state index contributed by atoms with van der Waals surface area (Å²) in [6, 6.07) is -1.30. The number of carboxylic acid groups (broad SMARTS) is 1. The highest BCUT2D eigenvalue weighted by atomic mass is 16.4. The van der Waals surface area contributed by atoms with Crippen molar-refractivity contribution in [3.63, 3.8) is 0 Å². The van der Waals surface area contributed by atoms with Gasteiger partial charge in [0.1, 0.15) is 6.04 Å². The third-order valence-corrected chi connectivity index (χ3v) is 7.59. The Labute approximate surface area is 200 Å². The minimum atomic E-state index is -0.997. The van der Waals surface area contributed by atoms with Crippen LogP contribution in [0.2, 0.25) is 0 Å². The molecule has 1 saturated heterocycles. The van der Waals surface area contributed by atoms with Gasteiger partial charge in [0.05, 0.1) is 12.1 Å². The van der Waals surface area contributed by atoms with Crippen LogP contribution in [0.3, 0.4) is 0 Å². The maximum atomic E-state index is 13.6. The zero-order valence-electron chi connectivity index (χ0n) is 21.9. The molecule has 2 amide bonds. The van der Waals surface area contributed by atoms with Crippen LogP contribution in [-0.4, -0.2) is 71.5 Å². The van der Waals surface area contributed by atoms with Crippen LogP contribution in [0.15, 0.2) is 11.6 Å². The van der Waals surface area contributed by atoms with Crippen molar-refractivity contribution >= 4 is 17.8 Å². The Morgan fingerprint density at radius 1 is 1.12 bits per heavy atom. The van der Waals surface area contributed by atoms with Crippen molar-refractivity contribution in [1.29, 1.82) is 0 Å². The molecule has 2 N–H and O–H groups in total. The van der Waals surface area contributed by atoms with Crippen LogP contribution < -0.4 is 5.32 Å². The Bertz CT molecular complexity index is 755. The molecule has 0 aromatic heterocycles. The number of nitrogens with zero attached hydrogens (tertiary/aromatic N) is 2. The third kappa shape index (κ3) is 6.81. The maximum Gasteiger partial charge on any atom is 0.331 e. The Morgan fingerprint density at radius 3 is 2.21 bits per heavy atom. The van der Waals surface area contributed by atoms with Crippen molar-refractivity contribution < 1.29 is 19.5 Å². The minimum Gasteiger partial charge on any atom is -0.478 e. The fourth-order valence-corrected chi connectivity index (χ4v) is 5.42. The van der Waals surface area contributed by atoms with E-state index in [-0.39, 0.29) is 35.4 Å². The Balaban J connectivity index is 2.21. The molecule has 0 spiro atoms. The Kier molecular flexibility index (Phi) is 9.14. The zero-order chi connectivity index (χ0) is 25.1. The highest BCUT2D eigenvalue weighted by molar-refractivity contribution is 5.91. The van der Waals surface area contributed by atoms with Crippen LogP contribution in [0.1, 0.15) is 73.6 Å². The standard InChI is InChI=1S/C26H45N3O4/c1-16(2)20(13-17(3)25(32)33)29(8)24(31)22(26(4,5)6)27-23(30)21-14-18-11-9-10-12-19(18)15-28(21)7/h13,16,18-22H,9-12,14-15H2,1-8H3,(H,27,30)(H,32,33)/b17-13+/t18?,19?,20-,21?,22-/m1/s1. The quantitative estimate of drug-likeness (QED) is 0.564. The number of piperidine rings is 1. The summed E-state index contributed by atoms with van der Waals surface area (Å²) in [5.41, 5.74) is -0.287. The number of aliphatic carboxylic acids is 1. The molecule has 7 nitrogen and oxygen atoms in total. The molecule has 7 heteroatoms. The average molecular weight is 464 g/mol. The van der Waals surface area contributed by atoms with Crippen LogP contribution in [0, 0.1) is 23.2 Å². The molecule has 1 aliphatic heterocycles. The van der Waals surface area contributed by atoms with Gasteiger partial charge in [0.15, 0.2) is 0 Å². The van der Waals surface area contributed by atoms with E-state index in [1.54, 1.807) is 18.0 Å².